The first-order chi connectivity index (χ1) is 14.1. The number of rotatable bonds is 6. The normalized spacial score (nSPS) is 11.3. The Morgan fingerprint density at radius 2 is 2.14 bits per heavy atom. The van der Waals surface area contributed by atoms with E-state index in [1.165, 1.54) is 17.2 Å². The summed E-state index contributed by atoms with van der Waals surface area (Å²) in [5.74, 6) is 0.158. The van der Waals surface area contributed by atoms with Gasteiger partial charge in [-0.25, -0.2) is 15.1 Å². The van der Waals surface area contributed by atoms with E-state index >= 15 is 0 Å². The average molecular weight is 391 g/mol. The highest BCUT2D eigenvalue weighted by molar-refractivity contribution is 5.80. The molecular weight excluding hydrogens is 374 g/mol. The van der Waals surface area contributed by atoms with Gasteiger partial charge in [0.05, 0.1) is 36.3 Å². The highest BCUT2D eigenvalue weighted by Gasteiger charge is 2.11. The van der Waals surface area contributed by atoms with Gasteiger partial charge in [-0.05, 0) is 31.2 Å². The number of carbonyl (C=O) groups excluding carboxylic acids is 1. The maximum absolute atomic E-state index is 12.5. The highest BCUT2D eigenvalue weighted by Crippen LogP contribution is 2.11. The number of amides is 1. The van der Waals surface area contributed by atoms with Crippen molar-refractivity contribution in [2.45, 2.75) is 20.0 Å². The molecule has 4 rings (SSSR count). The molecule has 0 aliphatic heterocycles. The van der Waals surface area contributed by atoms with Crippen molar-refractivity contribution in [2.24, 2.45) is 5.10 Å². The second-order valence-electron chi connectivity index (χ2n) is 6.29. The van der Waals surface area contributed by atoms with Gasteiger partial charge in [0, 0.05) is 0 Å². The van der Waals surface area contributed by atoms with Gasteiger partial charge in [-0.3, -0.25) is 14.2 Å². The molecule has 0 aliphatic rings. The summed E-state index contributed by atoms with van der Waals surface area (Å²) in [7, 11) is 0. The molecule has 3 aromatic heterocycles. The van der Waals surface area contributed by atoms with Gasteiger partial charge in [0.2, 0.25) is 0 Å². The van der Waals surface area contributed by atoms with Crippen molar-refractivity contribution in [1.82, 2.24) is 30.0 Å². The molecule has 1 N–H and O–H groups in total. The standard InChI is InChI=1S/C19H17N7O3/c1-13-19(28)26(17-7-3-2-6-16(17)21-13)11-14-10-25(24-22-14)12-18(27)23-20-9-15-5-4-8-29-15/h2-10H,11-12H2,1H3,(H,23,27)/b20-9-. The fourth-order valence-electron chi connectivity index (χ4n) is 2.84. The molecule has 0 saturated carbocycles. The van der Waals surface area contributed by atoms with E-state index in [-0.39, 0.29) is 24.6 Å². The highest BCUT2D eigenvalue weighted by atomic mass is 16.3. The van der Waals surface area contributed by atoms with Crippen LogP contribution >= 0.6 is 0 Å². The summed E-state index contributed by atoms with van der Waals surface area (Å²) >= 11 is 0. The zero-order valence-electron chi connectivity index (χ0n) is 15.5. The Balaban J connectivity index is 1.46. The summed E-state index contributed by atoms with van der Waals surface area (Å²) in [6.07, 6.45) is 4.53. The number of furan rings is 1. The smallest absolute Gasteiger partial charge is 0.272 e. The van der Waals surface area contributed by atoms with Crippen molar-refractivity contribution in [2.75, 3.05) is 0 Å². The topological polar surface area (TPSA) is 120 Å². The first kappa shape index (κ1) is 18.3. The van der Waals surface area contributed by atoms with Crippen LogP contribution in [-0.4, -0.2) is 36.7 Å². The predicted molar refractivity (Wildman–Crippen MR) is 104 cm³/mol. The van der Waals surface area contributed by atoms with E-state index < -0.39 is 0 Å². The molecule has 1 amide bonds. The van der Waals surface area contributed by atoms with Crippen LogP contribution in [0.15, 0.2) is 63.2 Å². The molecule has 0 radical (unpaired) electrons. The number of hydrogen-bond acceptors (Lipinski definition) is 7. The molecule has 146 valence electrons. The molecule has 10 nitrogen and oxygen atoms in total. The molecule has 0 saturated heterocycles. The van der Waals surface area contributed by atoms with Crippen LogP contribution in [0.25, 0.3) is 11.0 Å². The number of aryl methyl sites for hydroxylation is 1. The maximum Gasteiger partial charge on any atom is 0.272 e. The van der Waals surface area contributed by atoms with Crippen molar-refractivity contribution >= 4 is 23.2 Å². The largest absolute Gasteiger partial charge is 0.463 e. The fraction of sp³-hybridized carbons (Fsp3) is 0.158. The van der Waals surface area contributed by atoms with Gasteiger partial charge in [0.25, 0.3) is 11.5 Å². The number of para-hydroxylation sites is 2. The Hall–Kier alpha value is -4.08. The van der Waals surface area contributed by atoms with Crippen LogP contribution in [0.2, 0.25) is 0 Å². The number of nitrogens with one attached hydrogen (secondary N) is 1. The average Bonchev–Trinajstić information content (AvgIpc) is 3.37. The molecule has 0 spiro atoms. The molecule has 0 aliphatic carbocycles. The number of hydrogen-bond donors (Lipinski definition) is 1. The maximum atomic E-state index is 12.5. The molecule has 29 heavy (non-hydrogen) atoms. The number of benzene rings is 1. The summed E-state index contributed by atoms with van der Waals surface area (Å²) in [6.45, 7) is 1.84. The van der Waals surface area contributed by atoms with Crippen molar-refractivity contribution in [3.05, 3.63) is 76.4 Å². The second kappa shape index (κ2) is 7.89. The molecular formula is C19H17N7O3. The van der Waals surface area contributed by atoms with Crippen LogP contribution in [0.3, 0.4) is 0 Å². The predicted octanol–water partition coefficient (Wildman–Crippen LogP) is 1.09. The van der Waals surface area contributed by atoms with Crippen molar-refractivity contribution < 1.29 is 9.21 Å². The van der Waals surface area contributed by atoms with E-state index in [1.807, 2.05) is 24.3 Å². The van der Waals surface area contributed by atoms with Gasteiger partial charge in [-0.15, -0.1) is 5.10 Å². The Kier molecular flexibility index (Phi) is 4.97. The number of fused-ring (bicyclic) bond motifs is 1. The third kappa shape index (κ3) is 4.10. The number of carbonyl (C=O) groups is 1. The summed E-state index contributed by atoms with van der Waals surface area (Å²) in [5, 5.41) is 11.8. The third-order valence-corrected chi connectivity index (χ3v) is 4.15. The lowest BCUT2D eigenvalue weighted by Gasteiger charge is -2.09. The summed E-state index contributed by atoms with van der Waals surface area (Å²) in [5.41, 5.74) is 4.59. The Bertz CT molecular complexity index is 1240. The second-order valence-corrected chi connectivity index (χ2v) is 6.29. The van der Waals surface area contributed by atoms with Crippen LogP contribution in [0.4, 0.5) is 0 Å². The zero-order chi connectivity index (χ0) is 20.2. The molecule has 10 heteroatoms. The quantitative estimate of drug-likeness (QED) is 0.388. The Morgan fingerprint density at radius 1 is 1.28 bits per heavy atom. The lowest BCUT2D eigenvalue weighted by molar-refractivity contribution is -0.121. The first-order valence-corrected chi connectivity index (χ1v) is 8.81. The van der Waals surface area contributed by atoms with Gasteiger partial charge in [0.15, 0.2) is 0 Å². The zero-order valence-corrected chi connectivity index (χ0v) is 15.5. The van der Waals surface area contributed by atoms with E-state index in [9.17, 15) is 9.59 Å². The van der Waals surface area contributed by atoms with Crippen LogP contribution in [-0.2, 0) is 17.9 Å². The van der Waals surface area contributed by atoms with E-state index in [0.717, 1.165) is 5.52 Å². The minimum Gasteiger partial charge on any atom is -0.463 e. The van der Waals surface area contributed by atoms with E-state index in [0.29, 0.717) is 22.7 Å². The molecule has 0 unspecified atom stereocenters. The number of nitrogens with zero attached hydrogens (tertiary/aromatic N) is 6. The van der Waals surface area contributed by atoms with Gasteiger partial charge in [-0.2, -0.15) is 5.10 Å². The van der Waals surface area contributed by atoms with E-state index in [1.54, 1.807) is 29.8 Å². The van der Waals surface area contributed by atoms with Crippen molar-refractivity contribution in [3.63, 3.8) is 0 Å². The summed E-state index contributed by atoms with van der Waals surface area (Å²) in [6, 6.07) is 10.8. The molecule has 0 fully saturated rings. The molecule has 0 bridgehead atoms. The van der Waals surface area contributed by atoms with E-state index in [2.05, 4.69) is 25.8 Å². The molecule has 3 heterocycles. The Morgan fingerprint density at radius 3 is 2.97 bits per heavy atom. The van der Waals surface area contributed by atoms with Crippen molar-refractivity contribution in [1.29, 1.82) is 0 Å². The summed E-state index contributed by atoms with van der Waals surface area (Å²) < 4.78 is 8.06. The van der Waals surface area contributed by atoms with Gasteiger partial charge in [0.1, 0.15) is 23.7 Å². The number of hydrazone groups is 1. The minimum absolute atomic E-state index is 0.0620. The third-order valence-electron chi connectivity index (χ3n) is 4.15. The van der Waals surface area contributed by atoms with Gasteiger partial charge >= 0.3 is 0 Å². The molecule has 0 atom stereocenters. The van der Waals surface area contributed by atoms with Gasteiger partial charge in [-0.1, -0.05) is 17.3 Å². The number of aromatic nitrogens is 5. The van der Waals surface area contributed by atoms with E-state index in [4.69, 9.17) is 4.42 Å². The lowest BCUT2D eigenvalue weighted by Crippen LogP contribution is -2.25. The lowest BCUT2D eigenvalue weighted by atomic mass is 10.2. The molecule has 1 aromatic carbocycles. The van der Waals surface area contributed by atoms with Crippen LogP contribution in [0.1, 0.15) is 17.1 Å². The monoisotopic (exact) mass is 391 g/mol. The van der Waals surface area contributed by atoms with Gasteiger partial charge < -0.3 is 4.42 Å². The fourth-order valence-corrected chi connectivity index (χ4v) is 2.84. The Labute approximate surface area is 164 Å². The first-order valence-electron chi connectivity index (χ1n) is 8.81. The molecule has 4 aromatic rings. The van der Waals surface area contributed by atoms with Crippen LogP contribution in [0.5, 0.6) is 0 Å². The minimum atomic E-state index is -0.369. The SMILES string of the molecule is Cc1nc2ccccc2n(Cc2cn(CC(=O)N/N=C\c3ccco3)nn2)c1=O. The van der Waals surface area contributed by atoms with Crippen molar-refractivity contribution in [3.8, 4) is 0 Å². The summed E-state index contributed by atoms with van der Waals surface area (Å²) in [4.78, 5) is 28.8. The van der Waals surface area contributed by atoms with Crippen LogP contribution < -0.4 is 11.0 Å². The van der Waals surface area contributed by atoms with Crippen LogP contribution in [0, 0.1) is 6.92 Å².